The molecule has 0 radical (unpaired) electrons. The molecular formula is C15H13F2IN2O. The molecular weight excluding hydrogens is 389 g/mol. The minimum atomic E-state index is -0.828. The van der Waals surface area contributed by atoms with Gasteiger partial charge in [0.05, 0.1) is 0 Å². The number of H-pyrrole nitrogens is 1. The van der Waals surface area contributed by atoms with Crippen LogP contribution in [-0.4, -0.2) is 28.9 Å². The van der Waals surface area contributed by atoms with Crippen LogP contribution in [-0.2, 0) is 6.42 Å². The third-order valence-electron chi connectivity index (χ3n) is 3.63. The molecule has 0 spiro atoms. The zero-order valence-corrected chi connectivity index (χ0v) is 13.2. The van der Waals surface area contributed by atoms with Gasteiger partial charge >= 0.3 is 0 Å². The van der Waals surface area contributed by atoms with Crippen molar-refractivity contribution in [1.29, 1.82) is 0 Å². The van der Waals surface area contributed by atoms with Gasteiger partial charge in [-0.1, -0.05) is 6.07 Å². The highest BCUT2D eigenvalue weighted by Crippen LogP contribution is 2.23. The Morgan fingerprint density at radius 3 is 2.67 bits per heavy atom. The van der Waals surface area contributed by atoms with E-state index in [-0.39, 0.29) is 5.91 Å². The molecule has 1 aromatic heterocycles. The Morgan fingerprint density at radius 1 is 1.29 bits per heavy atom. The first-order valence-electron chi connectivity index (χ1n) is 6.60. The van der Waals surface area contributed by atoms with Gasteiger partial charge in [0.1, 0.15) is 5.69 Å². The third kappa shape index (κ3) is 3.09. The summed E-state index contributed by atoms with van der Waals surface area (Å²) in [7, 11) is 0. The topological polar surface area (TPSA) is 36.1 Å². The number of halogens is 3. The maximum atomic E-state index is 13.1. The molecule has 0 saturated carbocycles. The van der Waals surface area contributed by atoms with Crippen molar-refractivity contribution in [2.75, 3.05) is 13.1 Å². The Balaban J connectivity index is 1.56. The summed E-state index contributed by atoms with van der Waals surface area (Å²) in [6, 6.07) is 5.78. The van der Waals surface area contributed by atoms with Crippen molar-refractivity contribution in [2.45, 2.75) is 6.42 Å². The van der Waals surface area contributed by atoms with Crippen LogP contribution in [0.4, 0.5) is 8.78 Å². The van der Waals surface area contributed by atoms with Crippen LogP contribution in [0.2, 0.25) is 0 Å². The summed E-state index contributed by atoms with van der Waals surface area (Å²) in [4.78, 5) is 16.8. The molecule has 1 amide bonds. The lowest BCUT2D eigenvalue weighted by Crippen LogP contribution is -2.50. The van der Waals surface area contributed by atoms with E-state index >= 15 is 0 Å². The maximum absolute atomic E-state index is 13.1. The summed E-state index contributed by atoms with van der Waals surface area (Å²) in [5, 5.41) is 0. The molecule has 2 aromatic rings. The SMILES string of the molecule is O=C(c1cc(I)c[nH]1)N1CC(Cc2ccc(F)c(F)c2)C1. The van der Waals surface area contributed by atoms with Gasteiger partial charge in [0, 0.05) is 22.9 Å². The van der Waals surface area contributed by atoms with Gasteiger partial charge in [0.25, 0.3) is 5.91 Å². The van der Waals surface area contributed by atoms with E-state index in [0.717, 1.165) is 15.2 Å². The highest BCUT2D eigenvalue weighted by molar-refractivity contribution is 14.1. The number of benzene rings is 1. The van der Waals surface area contributed by atoms with Gasteiger partial charge in [-0.2, -0.15) is 0 Å². The first-order chi connectivity index (χ1) is 10.0. The van der Waals surface area contributed by atoms with Crippen molar-refractivity contribution < 1.29 is 13.6 Å². The Labute approximate surface area is 134 Å². The van der Waals surface area contributed by atoms with Crippen molar-refractivity contribution >= 4 is 28.5 Å². The maximum Gasteiger partial charge on any atom is 0.270 e. The molecule has 0 bridgehead atoms. The number of nitrogens with one attached hydrogen (secondary N) is 1. The summed E-state index contributed by atoms with van der Waals surface area (Å²) in [5.41, 5.74) is 1.35. The molecule has 0 atom stereocenters. The van der Waals surface area contributed by atoms with Crippen molar-refractivity contribution in [3.05, 3.63) is 56.9 Å². The molecule has 110 valence electrons. The molecule has 1 fully saturated rings. The molecule has 2 heterocycles. The molecule has 1 N–H and O–H groups in total. The smallest absolute Gasteiger partial charge is 0.270 e. The summed E-state index contributed by atoms with van der Waals surface area (Å²) in [5.74, 6) is -1.36. The van der Waals surface area contributed by atoms with Crippen LogP contribution in [0.5, 0.6) is 0 Å². The third-order valence-corrected chi connectivity index (χ3v) is 4.25. The average Bonchev–Trinajstić information content (AvgIpc) is 2.83. The zero-order valence-electron chi connectivity index (χ0n) is 11.1. The molecule has 0 unspecified atom stereocenters. The minimum absolute atomic E-state index is 0.0144. The Hall–Kier alpha value is -1.44. The van der Waals surface area contributed by atoms with Gasteiger partial charge < -0.3 is 9.88 Å². The summed E-state index contributed by atoms with van der Waals surface area (Å²) in [6.07, 6.45) is 2.44. The van der Waals surface area contributed by atoms with E-state index in [4.69, 9.17) is 0 Å². The summed E-state index contributed by atoms with van der Waals surface area (Å²) in [6.45, 7) is 1.29. The first kappa shape index (κ1) is 14.5. The van der Waals surface area contributed by atoms with Crippen molar-refractivity contribution in [1.82, 2.24) is 9.88 Å². The van der Waals surface area contributed by atoms with Gasteiger partial charge in [-0.25, -0.2) is 8.78 Å². The highest BCUT2D eigenvalue weighted by atomic mass is 127. The van der Waals surface area contributed by atoms with E-state index < -0.39 is 11.6 Å². The standard InChI is InChI=1S/C15H13F2IN2O/c16-12-2-1-9(4-13(12)17)3-10-7-20(8-10)15(21)14-5-11(18)6-19-14/h1-2,4-6,10,19H,3,7-8H2. The monoisotopic (exact) mass is 402 g/mol. The van der Waals surface area contributed by atoms with Crippen LogP contribution >= 0.6 is 22.6 Å². The lowest BCUT2D eigenvalue weighted by Gasteiger charge is -2.39. The van der Waals surface area contributed by atoms with Crippen LogP contribution in [0.3, 0.4) is 0 Å². The predicted molar refractivity (Wildman–Crippen MR) is 83.0 cm³/mol. The van der Waals surface area contributed by atoms with Crippen LogP contribution in [0.1, 0.15) is 16.1 Å². The van der Waals surface area contributed by atoms with Crippen LogP contribution < -0.4 is 0 Å². The predicted octanol–water partition coefficient (Wildman–Crippen LogP) is 3.21. The highest BCUT2D eigenvalue weighted by Gasteiger charge is 2.31. The number of carbonyl (C=O) groups is 1. The van der Waals surface area contributed by atoms with E-state index in [1.807, 2.05) is 6.07 Å². The number of rotatable bonds is 3. The second-order valence-electron chi connectivity index (χ2n) is 5.26. The first-order valence-corrected chi connectivity index (χ1v) is 7.68. The van der Waals surface area contributed by atoms with E-state index in [2.05, 4.69) is 27.6 Å². The van der Waals surface area contributed by atoms with E-state index in [0.29, 0.717) is 31.1 Å². The fraction of sp³-hybridized carbons (Fsp3) is 0.267. The molecule has 6 heteroatoms. The Morgan fingerprint density at radius 2 is 2.05 bits per heavy atom. The quantitative estimate of drug-likeness (QED) is 0.787. The van der Waals surface area contributed by atoms with Crippen LogP contribution in [0.25, 0.3) is 0 Å². The van der Waals surface area contributed by atoms with E-state index in [1.165, 1.54) is 6.07 Å². The number of hydrogen-bond acceptors (Lipinski definition) is 1. The molecule has 1 aliphatic heterocycles. The van der Waals surface area contributed by atoms with Crippen molar-refractivity contribution in [3.8, 4) is 0 Å². The molecule has 1 aromatic carbocycles. The van der Waals surface area contributed by atoms with Gasteiger partial charge in [0.15, 0.2) is 11.6 Å². The van der Waals surface area contributed by atoms with Crippen LogP contribution in [0, 0.1) is 21.1 Å². The minimum Gasteiger partial charge on any atom is -0.356 e. The van der Waals surface area contributed by atoms with Gasteiger partial charge in [-0.15, -0.1) is 0 Å². The van der Waals surface area contributed by atoms with Crippen molar-refractivity contribution in [2.24, 2.45) is 5.92 Å². The normalized spacial score (nSPS) is 15.1. The second-order valence-corrected chi connectivity index (χ2v) is 6.51. The summed E-state index contributed by atoms with van der Waals surface area (Å²) >= 11 is 2.14. The lowest BCUT2D eigenvalue weighted by molar-refractivity contribution is 0.0495. The fourth-order valence-corrected chi connectivity index (χ4v) is 2.99. The zero-order chi connectivity index (χ0) is 15.0. The Bertz CT molecular complexity index is 680. The lowest BCUT2D eigenvalue weighted by atomic mass is 9.92. The number of carbonyl (C=O) groups excluding carboxylic acids is 1. The average molecular weight is 402 g/mol. The van der Waals surface area contributed by atoms with Crippen molar-refractivity contribution in [3.63, 3.8) is 0 Å². The second kappa shape index (κ2) is 5.75. The van der Waals surface area contributed by atoms with Gasteiger partial charge in [0.2, 0.25) is 0 Å². The molecule has 1 aliphatic rings. The number of nitrogens with zero attached hydrogens (tertiary/aromatic N) is 1. The number of hydrogen-bond donors (Lipinski definition) is 1. The number of likely N-dealkylation sites (tertiary alicyclic amines) is 1. The largest absolute Gasteiger partial charge is 0.356 e. The molecule has 0 aliphatic carbocycles. The van der Waals surface area contributed by atoms with Gasteiger partial charge in [-0.3, -0.25) is 4.79 Å². The summed E-state index contributed by atoms with van der Waals surface area (Å²) < 4.78 is 27.0. The van der Waals surface area contributed by atoms with E-state index in [1.54, 1.807) is 17.2 Å². The molecule has 21 heavy (non-hydrogen) atoms. The molecule has 1 saturated heterocycles. The fourth-order valence-electron chi connectivity index (χ4n) is 2.53. The Kier molecular flexibility index (Phi) is 3.97. The molecule has 3 rings (SSSR count). The van der Waals surface area contributed by atoms with E-state index in [9.17, 15) is 13.6 Å². The number of amides is 1. The van der Waals surface area contributed by atoms with Crippen LogP contribution in [0.15, 0.2) is 30.5 Å². The number of aromatic nitrogens is 1. The molecule has 3 nitrogen and oxygen atoms in total. The number of aromatic amines is 1. The van der Waals surface area contributed by atoms with Gasteiger partial charge in [-0.05, 0) is 58.7 Å².